The average Bonchev–Trinajstić information content (AvgIpc) is 3.71. The largest absolute Gasteiger partial charge is 0.247 e. The summed E-state index contributed by atoms with van der Waals surface area (Å²) in [5.41, 5.74) is 10.5. The number of hydrogen-bond acceptors (Lipinski definition) is 2. The molecule has 11 aromatic carbocycles. The van der Waals surface area contributed by atoms with E-state index < -0.39 is 0 Å². The Kier molecular flexibility index (Phi) is 7.54. The summed E-state index contributed by atoms with van der Waals surface area (Å²) in [4.78, 5) is 5.41. The summed E-state index contributed by atoms with van der Waals surface area (Å²) in [6.07, 6.45) is 0. The molecule has 2 aromatic heterocycles. The minimum Gasteiger partial charge on any atom is -0.247 e. The number of benzene rings is 11. The first-order valence-electron chi connectivity index (χ1n) is 21.0. The second-order valence-electron chi connectivity index (χ2n) is 16.1. The van der Waals surface area contributed by atoms with Gasteiger partial charge in [-0.05, 0) is 101 Å². The van der Waals surface area contributed by atoms with Gasteiger partial charge in [-0.1, -0.05) is 188 Å². The Balaban J connectivity index is 1.08. The smallest absolute Gasteiger partial charge is 0.0788 e. The fraction of sp³-hybridized carbons (Fsp3) is 0. The SMILES string of the molecule is c1cc(-c2ccc3c(-c4cccc5ccccc45)c4ccccc4c(-c4cccc5ccccc45)c3c2)cc(-c2nc3ccccc3c3c2ccc2c4ccccc4sc23)c1. The van der Waals surface area contributed by atoms with Crippen molar-refractivity contribution in [3.05, 3.63) is 212 Å². The van der Waals surface area contributed by atoms with Crippen molar-refractivity contribution in [2.75, 3.05) is 0 Å². The molecule has 0 unspecified atom stereocenters. The van der Waals surface area contributed by atoms with Gasteiger partial charge < -0.3 is 0 Å². The molecule has 0 aliphatic rings. The Morgan fingerprint density at radius 1 is 0.311 bits per heavy atom. The van der Waals surface area contributed by atoms with E-state index in [-0.39, 0.29) is 0 Å². The second-order valence-corrected chi connectivity index (χ2v) is 17.2. The van der Waals surface area contributed by atoms with Crippen LogP contribution in [0.1, 0.15) is 0 Å². The van der Waals surface area contributed by atoms with E-state index in [9.17, 15) is 0 Å². The maximum atomic E-state index is 5.41. The topological polar surface area (TPSA) is 12.9 Å². The van der Waals surface area contributed by atoms with E-state index in [1.54, 1.807) is 0 Å². The number of hydrogen-bond donors (Lipinski definition) is 0. The van der Waals surface area contributed by atoms with E-state index >= 15 is 0 Å². The summed E-state index contributed by atoms with van der Waals surface area (Å²) in [5, 5.41) is 16.2. The van der Waals surface area contributed by atoms with Gasteiger partial charge in [0.1, 0.15) is 0 Å². The minimum atomic E-state index is 1.01. The summed E-state index contributed by atoms with van der Waals surface area (Å²) in [6, 6.07) is 78.2. The standard InChI is InChI=1S/C59H35NS/c1-3-20-41-36(14-1)16-12-26-44(41)55-46-23-5-6-24-47(46)56(45-27-13-17-37-15-2-4-21-42(37)45)52-35-39(30-31-48(52)55)38-18-11-19-40(34-38)58-51-33-32-49-43-22-8-10-29-54(43)61-59(49)57(51)50-25-7-9-28-53(50)60-58/h1-35H. The molecule has 0 atom stereocenters. The monoisotopic (exact) mass is 789 g/mol. The van der Waals surface area contributed by atoms with Gasteiger partial charge in [-0.3, -0.25) is 0 Å². The van der Waals surface area contributed by atoms with E-state index in [0.29, 0.717) is 0 Å². The van der Waals surface area contributed by atoms with Crippen LogP contribution in [0.5, 0.6) is 0 Å². The maximum absolute atomic E-state index is 5.41. The Morgan fingerprint density at radius 3 is 1.56 bits per heavy atom. The van der Waals surface area contributed by atoms with Gasteiger partial charge in [-0.25, -0.2) is 4.98 Å². The van der Waals surface area contributed by atoms with Crippen LogP contribution in [0.3, 0.4) is 0 Å². The van der Waals surface area contributed by atoms with Crippen LogP contribution in [0.25, 0.3) is 130 Å². The molecule has 0 aliphatic heterocycles. The van der Waals surface area contributed by atoms with Crippen LogP contribution in [0.2, 0.25) is 0 Å². The maximum Gasteiger partial charge on any atom is 0.0788 e. The number of pyridine rings is 1. The average molecular weight is 790 g/mol. The van der Waals surface area contributed by atoms with E-state index in [4.69, 9.17) is 4.98 Å². The van der Waals surface area contributed by atoms with Crippen LogP contribution in [0, 0.1) is 0 Å². The van der Waals surface area contributed by atoms with Crippen LogP contribution in [-0.2, 0) is 0 Å². The third-order valence-electron chi connectivity index (χ3n) is 12.8. The van der Waals surface area contributed by atoms with Gasteiger partial charge in [0.15, 0.2) is 0 Å². The lowest BCUT2D eigenvalue weighted by Crippen LogP contribution is -1.93. The molecule has 0 N–H and O–H groups in total. The summed E-state index contributed by atoms with van der Waals surface area (Å²) in [7, 11) is 0. The lowest BCUT2D eigenvalue weighted by atomic mass is 9.83. The fourth-order valence-corrected chi connectivity index (χ4v) is 11.4. The predicted octanol–water partition coefficient (Wildman–Crippen LogP) is 17.0. The summed E-state index contributed by atoms with van der Waals surface area (Å²) < 4.78 is 2.63. The van der Waals surface area contributed by atoms with Crippen LogP contribution >= 0.6 is 11.3 Å². The number of para-hydroxylation sites is 1. The van der Waals surface area contributed by atoms with Crippen LogP contribution < -0.4 is 0 Å². The first-order chi connectivity index (χ1) is 30.3. The number of nitrogens with zero attached hydrogens (tertiary/aromatic N) is 1. The van der Waals surface area contributed by atoms with Crippen molar-refractivity contribution in [2.24, 2.45) is 0 Å². The molecule has 0 bridgehead atoms. The molecular formula is C59H35NS. The first-order valence-corrected chi connectivity index (χ1v) is 21.8. The molecule has 1 nitrogen and oxygen atoms in total. The Morgan fingerprint density at radius 2 is 0.820 bits per heavy atom. The van der Waals surface area contributed by atoms with Crippen LogP contribution in [0.15, 0.2) is 212 Å². The van der Waals surface area contributed by atoms with Crippen molar-refractivity contribution in [3.63, 3.8) is 0 Å². The van der Waals surface area contributed by atoms with Gasteiger partial charge in [0.05, 0.1) is 11.2 Å². The zero-order valence-electron chi connectivity index (χ0n) is 33.1. The highest BCUT2D eigenvalue weighted by Crippen LogP contribution is 2.48. The van der Waals surface area contributed by atoms with E-state index in [1.165, 1.54) is 107 Å². The highest BCUT2D eigenvalue weighted by atomic mass is 32.1. The molecule has 0 amide bonds. The lowest BCUT2D eigenvalue weighted by molar-refractivity contribution is 1.43. The van der Waals surface area contributed by atoms with E-state index in [2.05, 4.69) is 212 Å². The zero-order valence-corrected chi connectivity index (χ0v) is 33.9. The summed E-state index contributed by atoms with van der Waals surface area (Å²) in [5.74, 6) is 0. The molecular weight excluding hydrogens is 755 g/mol. The normalized spacial score (nSPS) is 11.9. The molecule has 282 valence electrons. The summed E-state index contributed by atoms with van der Waals surface area (Å²) in [6.45, 7) is 0. The van der Waals surface area contributed by atoms with Crippen molar-refractivity contribution < 1.29 is 0 Å². The van der Waals surface area contributed by atoms with Gasteiger partial charge in [0.25, 0.3) is 0 Å². The van der Waals surface area contributed by atoms with Crippen molar-refractivity contribution in [2.45, 2.75) is 0 Å². The molecule has 2 heteroatoms. The van der Waals surface area contributed by atoms with Crippen molar-refractivity contribution in [3.8, 4) is 44.6 Å². The second kappa shape index (κ2) is 13.4. The quantitative estimate of drug-likeness (QED) is 0.128. The molecule has 0 fully saturated rings. The zero-order chi connectivity index (χ0) is 40.0. The van der Waals surface area contributed by atoms with Crippen molar-refractivity contribution in [1.29, 1.82) is 0 Å². The van der Waals surface area contributed by atoms with Crippen molar-refractivity contribution >= 4 is 96.3 Å². The van der Waals surface area contributed by atoms with Gasteiger partial charge in [-0.15, -0.1) is 11.3 Å². The molecule has 0 aliphatic carbocycles. The van der Waals surface area contributed by atoms with Crippen molar-refractivity contribution in [1.82, 2.24) is 4.98 Å². The fourth-order valence-electron chi connectivity index (χ4n) is 10.1. The van der Waals surface area contributed by atoms with Crippen LogP contribution in [0.4, 0.5) is 0 Å². The van der Waals surface area contributed by atoms with Gasteiger partial charge in [0.2, 0.25) is 0 Å². The number of thiophene rings is 1. The lowest BCUT2D eigenvalue weighted by Gasteiger charge is -2.20. The molecule has 0 radical (unpaired) electrons. The molecule has 0 saturated carbocycles. The molecule has 2 heterocycles. The Bertz CT molecular complexity index is 3940. The first kappa shape index (κ1) is 34.2. The Hall–Kier alpha value is -7.65. The highest BCUT2D eigenvalue weighted by molar-refractivity contribution is 7.26. The van der Waals surface area contributed by atoms with Crippen LogP contribution in [-0.4, -0.2) is 4.98 Å². The van der Waals surface area contributed by atoms with Gasteiger partial charge in [-0.2, -0.15) is 0 Å². The number of rotatable bonds is 4. The van der Waals surface area contributed by atoms with E-state index in [1.807, 2.05) is 11.3 Å². The third kappa shape index (κ3) is 5.23. The Labute approximate surface area is 356 Å². The highest BCUT2D eigenvalue weighted by Gasteiger charge is 2.21. The molecule has 61 heavy (non-hydrogen) atoms. The molecule has 0 spiro atoms. The third-order valence-corrected chi connectivity index (χ3v) is 14.0. The molecule has 13 rings (SSSR count). The molecule has 0 saturated heterocycles. The molecule has 13 aromatic rings. The predicted molar refractivity (Wildman–Crippen MR) is 264 cm³/mol. The van der Waals surface area contributed by atoms with E-state index in [0.717, 1.165) is 22.3 Å². The van der Waals surface area contributed by atoms with Gasteiger partial charge >= 0.3 is 0 Å². The number of fused-ring (bicyclic) bond motifs is 11. The summed E-state index contributed by atoms with van der Waals surface area (Å²) >= 11 is 1.88. The van der Waals surface area contributed by atoms with Gasteiger partial charge in [0, 0.05) is 41.9 Å². The number of aromatic nitrogens is 1. The minimum absolute atomic E-state index is 1.01.